The standard InChI is InChI=1S/C24H26ClN3O4S/c1-2-32-21-12-10-20(11-13-21)28-33(30,31)23-17-18(9-14-22(23)25)24(29)27-16-6-15-26-19-7-4-3-5-8-19/h3-5,7-14,17,26,28H,2,6,15-16H2,1H3,(H,27,29). The van der Waals surface area contributed by atoms with Crippen LogP contribution in [0.5, 0.6) is 5.75 Å². The van der Waals surface area contributed by atoms with E-state index in [1.165, 1.54) is 18.2 Å². The minimum atomic E-state index is -4.00. The molecular formula is C24H26ClN3O4S. The summed E-state index contributed by atoms with van der Waals surface area (Å²) >= 11 is 6.14. The highest BCUT2D eigenvalue weighted by Gasteiger charge is 2.20. The van der Waals surface area contributed by atoms with Crippen LogP contribution in [0.1, 0.15) is 23.7 Å². The molecule has 1 amide bonds. The second-order valence-corrected chi connectivity index (χ2v) is 9.17. The summed E-state index contributed by atoms with van der Waals surface area (Å²) in [6.07, 6.45) is 0.707. The van der Waals surface area contributed by atoms with Crippen molar-refractivity contribution in [2.75, 3.05) is 29.7 Å². The van der Waals surface area contributed by atoms with E-state index in [0.717, 1.165) is 5.69 Å². The van der Waals surface area contributed by atoms with Gasteiger partial charge in [0.15, 0.2) is 0 Å². The van der Waals surface area contributed by atoms with Crippen LogP contribution in [0.15, 0.2) is 77.7 Å². The van der Waals surface area contributed by atoms with E-state index in [1.807, 2.05) is 37.3 Å². The van der Waals surface area contributed by atoms with Crippen LogP contribution in [0.2, 0.25) is 5.02 Å². The zero-order chi connectivity index (χ0) is 23.7. The van der Waals surface area contributed by atoms with Crippen LogP contribution in [0.25, 0.3) is 0 Å². The van der Waals surface area contributed by atoms with Gasteiger partial charge in [-0.2, -0.15) is 0 Å². The number of benzene rings is 3. The molecule has 0 aromatic heterocycles. The smallest absolute Gasteiger partial charge is 0.263 e. The molecule has 0 aliphatic rings. The van der Waals surface area contributed by atoms with Crippen molar-refractivity contribution in [2.45, 2.75) is 18.2 Å². The number of hydrogen-bond donors (Lipinski definition) is 3. The number of rotatable bonds is 11. The van der Waals surface area contributed by atoms with Gasteiger partial charge in [-0.3, -0.25) is 9.52 Å². The van der Waals surface area contributed by atoms with Crippen LogP contribution < -0.4 is 20.1 Å². The molecule has 3 aromatic rings. The Balaban J connectivity index is 1.59. The Kier molecular flexibility index (Phi) is 8.57. The molecule has 3 aromatic carbocycles. The molecule has 0 aliphatic carbocycles. The lowest BCUT2D eigenvalue weighted by molar-refractivity contribution is 0.0953. The summed E-state index contributed by atoms with van der Waals surface area (Å²) in [5.41, 5.74) is 1.58. The molecule has 33 heavy (non-hydrogen) atoms. The number of sulfonamides is 1. The lowest BCUT2D eigenvalue weighted by Gasteiger charge is -2.12. The van der Waals surface area contributed by atoms with Crippen molar-refractivity contribution in [3.05, 3.63) is 83.4 Å². The van der Waals surface area contributed by atoms with Crippen molar-refractivity contribution < 1.29 is 17.9 Å². The minimum absolute atomic E-state index is 0.0250. The van der Waals surface area contributed by atoms with Gasteiger partial charge in [0.2, 0.25) is 0 Å². The first-order valence-corrected chi connectivity index (χ1v) is 12.4. The Hall–Kier alpha value is -3.23. The van der Waals surface area contributed by atoms with Gasteiger partial charge in [-0.05, 0) is 67.9 Å². The van der Waals surface area contributed by atoms with Gasteiger partial charge >= 0.3 is 0 Å². The maximum atomic E-state index is 12.9. The molecule has 0 heterocycles. The summed E-state index contributed by atoms with van der Waals surface area (Å²) < 4.78 is 33.6. The predicted molar refractivity (Wildman–Crippen MR) is 132 cm³/mol. The average molecular weight is 488 g/mol. The molecule has 3 N–H and O–H groups in total. The van der Waals surface area contributed by atoms with Gasteiger partial charge in [-0.25, -0.2) is 8.42 Å². The largest absolute Gasteiger partial charge is 0.494 e. The third-order valence-corrected chi connectivity index (χ3v) is 6.51. The monoisotopic (exact) mass is 487 g/mol. The van der Waals surface area contributed by atoms with E-state index in [4.69, 9.17) is 16.3 Å². The van der Waals surface area contributed by atoms with E-state index >= 15 is 0 Å². The molecule has 0 spiro atoms. The lowest BCUT2D eigenvalue weighted by atomic mass is 10.2. The first-order valence-electron chi connectivity index (χ1n) is 10.5. The summed E-state index contributed by atoms with van der Waals surface area (Å²) in [5.74, 6) is 0.264. The molecule has 174 valence electrons. The summed E-state index contributed by atoms with van der Waals surface area (Å²) in [6, 6.07) is 20.5. The van der Waals surface area contributed by atoms with Gasteiger partial charge < -0.3 is 15.4 Å². The summed E-state index contributed by atoms with van der Waals surface area (Å²) in [4.78, 5) is 12.4. The molecule has 3 rings (SSSR count). The van der Waals surface area contributed by atoms with Crippen molar-refractivity contribution >= 4 is 38.9 Å². The molecule has 0 bridgehead atoms. The van der Waals surface area contributed by atoms with E-state index in [0.29, 0.717) is 37.6 Å². The van der Waals surface area contributed by atoms with Gasteiger partial charge in [0.1, 0.15) is 10.6 Å². The Labute approximate surface area is 199 Å². The lowest BCUT2D eigenvalue weighted by Crippen LogP contribution is -2.26. The van der Waals surface area contributed by atoms with E-state index in [9.17, 15) is 13.2 Å². The Bertz CT molecular complexity index is 1170. The van der Waals surface area contributed by atoms with E-state index < -0.39 is 10.0 Å². The van der Waals surface area contributed by atoms with Crippen LogP contribution in [0, 0.1) is 0 Å². The fourth-order valence-corrected chi connectivity index (χ4v) is 4.61. The number of carbonyl (C=O) groups is 1. The Morgan fingerprint density at radius 1 is 0.939 bits per heavy atom. The highest BCUT2D eigenvalue weighted by Crippen LogP contribution is 2.26. The maximum Gasteiger partial charge on any atom is 0.263 e. The highest BCUT2D eigenvalue weighted by atomic mass is 35.5. The predicted octanol–water partition coefficient (Wildman–Crippen LogP) is 4.77. The zero-order valence-electron chi connectivity index (χ0n) is 18.2. The van der Waals surface area contributed by atoms with Crippen LogP contribution >= 0.6 is 11.6 Å². The first kappa shape index (κ1) is 24.4. The van der Waals surface area contributed by atoms with Crippen molar-refractivity contribution in [1.82, 2.24) is 5.32 Å². The molecule has 7 nitrogen and oxygen atoms in total. The molecule has 0 unspecified atom stereocenters. The number of amides is 1. The average Bonchev–Trinajstić information content (AvgIpc) is 2.81. The Morgan fingerprint density at radius 2 is 1.67 bits per heavy atom. The van der Waals surface area contributed by atoms with Gasteiger partial charge in [0.05, 0.1) is 11.6 Å². The topological polar surface area (TPSA) is 96.5 Å². The number of anilines is 2. The second-order valence-electron chi connectivity index (χ2n) is 7.11. The fraction of sp³-hybridized carbons (Fsp3) is 0.208. The maximum absolute atomic E-state index is 12.9. The van der Waals surface area contributed by atoms with Crippen molar-refractivity contribution in [3.8, 4) is 5.75 Å². The van der Waals surface area contributed by atoms with E-state index in [2.05, 4.69) is 15.4 Å². The van der Waals surface area contributed by atoms with Crippen molar-refractivity contribution in [3.63, 3.8) is 0 Å². The summed E-state index contributed by atoms with van der Waals surface area (Å²) in [5, 5.41) is 6.09. The third-order valence-electron chi connectivity index (χ3n) is 4.64. The van der Waals surface area contributed by atoms with Crippen molar-refractivity contribution in [2.24, 2.45) is 0 Å². The molecular weight excluding hydrogens is 462 g/mol. The zero-order valence-corrected chi connectivity index (χ0v) is 19.7. The molecule has 0 aliphatic heterocycles. The van der Waals surface area contributed by atoms with Crippen LogP contribution in [-0.4, -0.2) is 34.0 Å². The van der Waals surface area contributed by atoms with Gasteiger partial charge in [0, 0.05) is 30.0 Å². The number of hydrogen-bond acceptors (Lipinski definition) is 5. The third kappa shape index (κ3) is 7.13. The number of para-hydroxylation sites is 1. The number of ether oxygens (including phenoxy) is 1. The molecule has 0 fully saturated rings. The van der Waals surface area contributed by atoms with E-state index in [1.54, 1.807) is 24.3 Å². The number of carbonyl (C=O) groups excluding carboxylic acids is 1. The van der Waals surface area contributed by atoms with Gasteiger partial charge in [0.25, 0.3) is 15.9 Å². The van der Waals surface area contributed by atoms with Gasteiger partial charge in [-0.15, -0.1) is 0 Å². The van der Waals surface area contributed by atoms with Crippen LogP contribution in [0.4, 0.5) is 11.4 Å². The minimum Gasteiger partial charge on any atom is -0.494 e. The van der Waals surface area contributed by atoms with Crippen molar-refractivity contribution in [1.29, 1.82) is 0 Å². The number of halogens is 1. The SMILES string of the molecule is CCOc1ccc(NS(=O)(=O)c2cc(C(=O)NCCCNc3ccccc3)ccc2Cl)cc1. The molecule has 0 radical (unpaired) electrons. The van der Waals surface area contributed by atoms with Crippen LogP contribution in [0.3, 0.4) is 0 Å². The van der Waals surface area contributed by atoms with Crippen LogP contribution in [-0.2, 0) is 10.0 Å². The molecule has 0 atom stereocenters. The number of nitrogens with one attached hydrogen (secondary N) is 3. The fourth-order valence-electron chi connectivity index (χ4n) is 3.03. The normalized spacial score (nSPS) is 11.0. The Morgan fingerprint density at radius 3 is 2.36 bits per heavy atom. The highest BCUT2D eigenvalue weighted by molar-refractivity contribution is 7.92. The molecule has 0 saturated heterocycles. The molecule has 9 heteroatoms. The van der Waals surface area contributed by atoms with E-state index in [-0.39, 0.29) is 21.4 Å². The first-order chi connectivity index (χ1) is 15.9. The summed E-state index contributed by atoms with van der Waals surface area (Å²) in [6.45, 7) is 3.51. The second kappa shape index (κ2) is 11.6. The summed E-state index contributed by atoms with van der Waals surface area (Å²) in [7, 11) is -4.00. The van der Waals surface area contributed by atoms with Gasteiger partial charge in [-0.1, -0.05) is 29.8 Å². The quantitative estimate of drug-likeness (QED) is 0.338. The molecule has 0 saturated carbocycles.